The Hall–Kier alpha value is -3.05. The fourth-order valence-corrected chi connectivity index (χ4v) is 4.43. The fraction of sp³-hybridized carbons (Fsp3) is 0.320. The molecule has 0 fully saturated rings. The van der Waals surface area contributed by atoms with Gasteiger partial charge in [0, 0.05) is 42.3 Å². The summed E-state index contributed by atoms with van der Waals surface area (Å²) in [6, 6.07) is 12.0. The third kappa shape index (κ3) is 3.10. The molecule has 0 radical (unpaired) electrons. The highest BCUT2D eigenvalue weighted by molar-refractivity contribution is 6.15. The molecule has 0 amide bonds. The maximum atomic E-state index is 13.1. The molecule has 0 spiro atoms. The van der Waals surface area contributed by atoms with Crippen molar-refractivity contribution in [3.8, 4) is 11.5 Å². The average molecular weight is 402 g/mol. The Balaban J connectivity index is 1.52. The number of aromatic nitrogens is 1. The summed E-state index contributed by atoms with van der Waals surface area (Å²) in [5, 5.41) is 1.12. The number of benzene rings is 2. The van der Waals surface area contributed by atoms with Crippen LogP contribution in [0.1, 0.15) is 42.3 Å². The van der Waals surface area contributed by atoms with E-state index in [0.29, 0.717) is 29.7 Å². The van der Waals surface area contributed by atoms with E-state index in [1.165, 1.54) is 0 Å². The number of carbonyl (C=O) groups is 1. The molecule has 0 unspecified atom stereocenters. The maximum absolute atomic E-state index is 13.1. The molecule has 154 valence electrons. The van der Waals surface area contributed by atoms with Crippen molar-refractivity contribution in [3.63, 3.8) is 0 Å². The van der Waals surface area contributed by atoms with Crippen molar-refractivity contribution in [3.05, 3.63) is 65.0 Å². The van der Waals surface area contributed by atoms with Crippen LogP contribution in [0.3, 0.4) is 0 Å². The van der Waals surface area contributed by atoms with E-state index < -0.39 is 0 Å². The topological polar surface area (TPSA) is 43.7 Å². The van der Waals surface area contributed by atoms with Crippen LogP contribution < -0.4 is 9.47 Å². The van der Waals surface area contributed by atoms with Crippen LogP contribution in [0.2, 0.25) is 0 Å². The Bertz CT molecular complexity index is 1170. The second kappa shape index (κ2) is 7.33. The van der Waals surface area contributed by atoms with Gasteiger partial charge in [-0.3, -0.25) is 9.69 Å². The molecule has 0 saturated carbocycles. The van der Waals surface area contributed by atoms with Gasteiger partial charge in [0.15, 0.2) is 5.76 Å². The van der Waals surface area contributed by atoms with Crippen LogP contribution in [0.5, 0.6) is 11.5 Å². The minimum Gasteiger partial charge on any atom is -0.478 e. The van der Waals surface area contributed by atoms with E-state index in [9.17, 15) is 4.79 Å². The van der Waals surface area contributed by atoms with E-state index >= 15 is 0 Å². The van der Waals surface area contributed by atoms with Crippen LogP contribution in [-0.4, -0.2) is 28.5 Å². The number of ketones is 1. The van der Waals surface area contributed by atoms with E-state index in [-0.39, 0.29) is 5.78 Å². The van der Waals surface area contributed by atoms with Crippen LogP contribution in [0, 0.1) is 5.92 Å². The lowest BCUT2D eigenvalue weighted by atomic mass is 10.0. The standard InChI is InChI=1S/C25H26N2O3/c1-4-27-13-17(18-7-5-6-8-21(18)27)11-23-24(28)19-9-10-22-20(25(19)30-23)14-26(15-29-22)12-16(2)3/h5-11,13,16H,4,12,14-15H2,1-3H3/b23-11-. The molecule has 0 bridgehead atoms. The number of hydrogen-bond acceptors (Lipinski definition) is 4. The summed E-state index contributed by atoms with van der Waals surface area (Å²) in [7, 11) is 0. The first-order chi connectivity index (χ1) is 14.5. The Morgan fingerprint density at radius 1 is 1.17 bits per heavy atom. The number of allylic oxidation sites excluding steroid dienone is 1. The Kier molecular flexibility index (Phi) is 4.63. The summed E-state index contributed by atoms with van der Waals surface area (Å²) in [5.74, 6) is 2.31. The molecule has 5 nitrogen and oxygen atoms in total. The molecule has 2 aliphatic rings. The van der Waals surface area contributed by atoms with E-state index in [1.807, 2.05) is 30.3 Å². The predicted molar refractivity (Wildman–Crippen MR) is 118 cm³/mol. The van der Waals surface area contributed by atoms with Gasteiger partial charge in [-0.25, -0.2) is 0 Å². The molecule has 3 heterocycles. The van der Waals surface area contributed by atoms with Gasteiger partial charge in [-0.05, 0) is 37.1 Å². The van der Waals surface area contributed by atoms with Crippen LogP contribution in [0.4, 0.5) is 0 Å². The van der Waals surface area contributed by atoms with Gasteiger partial charge in [0.2, 0.25) is 5.78 Å². The van der Waals surface area contributed by atoms with Crippen LogP contribution >= 0.6 is 0 Å². The van der Waals surface area contributed by atoms with Crippen molar-refractivity contribution in [2.45, 2.75) is 33.9 Å². The SMILES string of the molecule is CCn1cc(/C=C2\Oc3c(ccc4c3CN(CC(C)C)CO4)C2=O)c2ccccc21. The number of fused-ring (bicyclic) bond motifs is 4. The molecule has 0 aliphatic carbocycles. The Morgan fingerprint density at radius 2 is 2.00 bits per heavy atom. The number of hydrogen-bond donors (Lipinski definition) is 0. The summed E-state index contributed by atoms with van der Waals surface area (Å²) >= 11 is 0. The lowest BCUT2D eigenvalue weighted by molar-refractivity contribution is 0.0832. The number of nitrogens with zero attached hydrogens (tertiary/aromatic N) is 2. The van der Waals surface area contributed by atoms with Crippen molar-refractivity contribution in [1.29, 1.82) is 0 Å². The lowest BCUT2D eigenvalue weighted by Gasteiger charge is -2.30. The lowest BCUT2D eigenvalue weighted by Crippen LogP contribution is -2.34. The van der Waals surface area contributed by atoms with Crippen LogP contribution in [0.15, 0.2) is 48.4 Å². The Morgan fingerprint density at radius 3 is 2.80 bits per heavy atom. The molecule has 3 aromatic rings. The van der Waals surface area contributed by atoms with Gasteiger partial charge < -0.3 is 14.0 Å². The smallest absolute Gasteiger partial charge is 0.231 e. The second-order valence-corrected chi connectivity index (χ2v) is 8.43. The number of para-hydroxylation sites is 1. The van der Waals surface area contributed by atoms with Crippen LogP contribution in [-0.2, 0) is 13.1 Å². The van der Waals surface area contributed by atoms with Crippen molar-refractivity contribution in [2.24, 2.45) is 5.92 Å². The van der Waals surface area contributed by atoms with Crippen molar-refractivity contribution < 1.29 is 14.3 Å². The zero-order valence-corrected chi connectivity index (χ0v) is 17.6. The minimum atomic E-state index is -0.0675. The van der Waals surface area contributed by atoms with Crippen LogP contribution in [0.25, 0.3) is 17.0 Å². The molecular formula is C25H26N2O3. The molecule has 2 aromatic carbocycles. The van der Waals surface area contributed by atoms with Gasteiger partial charge >= 0.3 is 0 Å². The summed E-state index contributed by atoms with van der Waals surface area (Å²) in [4.78, 5) is 15.4. The van der Waals surface area contributed by atoms with Crippen molar-refractivity contribution in [1.82, 2.24) is 9.47 Å². The monoisotopic (exact) mass is 402 g/mol. The summed E-state index contributed by atoms with van der Waals surface area (Å²) < 4.78 is 14.3. The highest BCUT2D eigenvalue weighted by atomic mass is 16.5. The van der Waals surface area contributed by atoms with Gasteiger partial charge in [0.1, 0.15) is 18.2 Å². The number of Topliss-reactive ketones (excluding diaryl/α,β-unsaturated/α-hetero) is 1. The second-order valence-electron chi connectivity index (χ2n) is 8.43. The first-order valence-corrected chi connectivity index (χ1v) is 10.6. The number of rotatable bonds is 4. The normalized spacial score (nSPS) is 17.3. The first kappa shape index (κ1) is 18.9. The van der Waals surface area contributed by atoms with E-state index in [2.05, 4.69) is 48.6 Å². The highest BCUT2D eigenvalue weighted by Crippen LogP contribution is 2.42. The van der Waals surface area contributed by atoms with Gasteiger partial charge in [-0.2, -0.15) is 0 Å². The molecule has 1 aromatic heterocycles. The summed E-state index contributed by atoms with van der Waals surface area (Å²) in [6.45, 7) is 9.61. The van der Waals surface area contributed by atoms with E-state index in [4.69, 9.17) is 9.47 Å². The Labute approximate surface area is 176 Å². The minimum absolute atomic E-state index is 0.0675. The predicted octanol–water partition coefficient (Wildman–Crippen LogP) is 5.09. The van der Waals surface area contributed by atoms with Crippen molar-refractivity contribution in [2.75, 3.05) is 13.3 Å². The molecule has 2 aliphatic heterocycles. The summed E-state index contributed by atoms with van der Waals surface area (Å²) in [5.41, 5.74) is 3.74. The zero-order valence-electron chi connectivity index (χ0n) is 17.6. The third-order valence-electron chi connectivity index (χ3n) is 5.75. The fourth-order valence-electron chi connectivity index (χ4n) is 4.43. The van der Waals surface area contributed by atoms with E-state index in [0.717, 1.165) is 47.4 Å². The van der Waals surface area contributed by atoms with Gasteiger partial charge in [-0.15, -0.1) is 0 Å². The molecule has 0 saturated heterocycles. The zero-order chi connectivity index (χ0) is 20.8. The number of carbonyl (C=O) groups excluding carboxylic acids is 1. The maximum Gasteiger partial charge on any atom is 0.231 e. The molecule has 30 heavy (non-hydrogen) atoms. The van der Waals surface area contributed by atoms with Crippen molar-refractivity contribution >= 4 is 22.8 Å². The molecular weight excluding hydrogens is 376 g/mol. The molecule has 5 heteroatoms. The van der Waals surface area contributed by atoms with Gasteiger partial charge in [0.25, 0.3) is 0 Å². The first-order valence-electron chi connectivity index (χ1n) is 10.6. The molecule has 0 atom stereocenters. The third-order valence-corrected chi connectivity index (χ3v) is 5.75. The summed E-state index contributed by atoms with van der Waals surface area (Å²) in [6.07, 6.45) is 3.96. The molecule has 5 rings (SSSR count). The van der Waals surface area contributed by atoms with Gasteiger partial charge in [0.05, 0.1) is 11.1 Å². The van der Waals surface area contributed by atoms with Gasteiger partial charge in [-0.1, -0.05) is 32.0 Å². The average Bonchev–Trinajstić information content (AvgIpc) is 3.26. The number of aryl methyl sites for hydroxylation is 1. The van der Waals surface area contributed by atoms with E-state index in [1.54, 1.807) is 0 Å². The number of ether oxygens (including phenoxy) is 2. The largest absolute Gasteiger partial charge is 0.478 e. The molecule has 0 N–H and O–H groups in total. The quantitative estimate of drug-likeness (QED) is 0.571. The highest BCUT2D eigenvalue weighted by Gasteiger charge is 2.33.